The van der Waals surface area contributed by atoms with Crippen LogP contribution in [0.4, 0.5) is 0 Å². The topological polar surface area (TPSA) is 68.3 Å². The number of carboxylic acids is 1. The molecule has 4 aromatic rings. The monoisotopic (exact) mass is 500 g/mol. The molecular weight excluding hydrogens is 472 g/mol. The minimum atomic E-state index is -0.779. The molecule has 0 bridgehead atoms. The average Bonchev–Trinajstić information content (AvgIpc) is 3.46. The van der Waals surface area contributed by atoms with Crippen LogP contribution in [0.3, 0.4) is 0 Å². The molecule has 0 radical (unpaired) electrons. The first-order valence-corrected chi connectivity index (χ1v) is 12.9. The van der Waals surface area contributed by atoms with Crippen LogP contribution >= 0.6 is 0 Å². The highest BCUT2D eigenvalue weighted by Crippen LogP contribution is 2.41. The number of fused-ring (bicyclic) bond motifs is 2. The van der Waals surface area contributed by atoms with Crippen LogP contribution in [-0.4, -0.2) is 20.6 Å². The smallest absolute Gasteiger partial charge is 0.303 e. The van der Waals surface area contributed by atoms with Gasteiger partial charge in [0.1, 0.15) is 11.6 Å². The molecule has 2 aliphatic rings. The molecule has 2 heterocycles. The van der Waals surface area contributed by atoms with Gasteiger partial charge in [0, 0.05) is 30.5 Å². The lowest BCUT2D eigenvalue weighted by Crippen LogP contribution is -2.07. The van der Waals surface area contributed by atoms with Crippen molar-refractivity contribution in [2.24, 2.45) is 0 Å². The van der Waals surface area contributed by atoms with Gasteiger partial charge in [-0.05, 0) is 65.4 Å². The molecule has 1 N–H and O–H groups in total. The number of nitrogens with zero attached hydrogens (tertiary/aromatic N) is 2. The Morgan fingerprint density at radius 1 is 0.816 bits per heavy atom. The predicted octanol–water partition coefficient (Wildman–Crippen LogP) is 7.45. The summed E-state index contributed by atoms with van der Waals surface area (Å²) in [7, 11) is 0. The van der Waals surface area contributed by atoms with Crippen LogP contribution in [0, 0.1) is 0 Å². The lowest BCUT2D eigenvalue weighted by Gasteiger charge is -2.10. The molecule has 0 saturated heterocycles. The van der Waals surface area contributed by atoms with E-state index in [1.165, 1.54) is 16.7 Å². The van der Waals surface area contributed by atoms with Crippen LogP contribution in [-0.2, 0) is 24.2 Å². The van der Waals surface area contributed by atoms with Gasteiger partial charge < -0.3 is 14.1 Å². The first-order chi connectivity index (χ1) is 18.7. The van der Waals surface area contributed by atoms with Gasteiger partial charge in [0.05, 0.1) is 17.3 Å². The summed E-state index contributed by atoms with van der Waals surface area (Å²) in [4.78, 5) is 16.2. The molecular formula is C33H28N2O3. The Morgan fingerprint density at radius 3 is 2.29 bits per heavy atom. The number of rotatable bonds is 9. The second kappa shape index (κ2) is 10.4. The van der Waals surface area contributed by atoms with Crippen LogP contribution in [0.2, 0.25) is 0 Å². The molecule has 1 aliphatic carbocycles. The minimum Gasteiger partial charge on any atom is -0.481 e. The normalized spacial score (nSPS) is 11.4. The van der Waals surface area contributed by atoms with Crippen LogP contribution in [0.15, 0.2) is 108 Å². The van der Waals surface area contributed by atoms with E-state index < -0.39 is 5.97 Å². The molecule has 1 aliphatic heterocycles. The van der Waals surface area contributed by atoms with Gasteiger partial charge in [-0.15, -0.1) is 0 Å². The van der Waals surface area contributed by atoms with E-state index in [1.54, 1.807) is 6.26 Å². The summed E-state index contributed by atoms with van der Waals surface area (Å²) in [5, 5.41) is 9.19. The van der Waals surface area contributed by atoms with Crippen molar-refractivity contribution in [2.75, 3.05) is 0 Å². The Morgan fingerprint density at radius 2 is 1.55 bits per heavy atom. The van der Waals surface area contributed by atoms with Gasteiger partial charge >= 0.3 is 5.97 Å². The molecule has 0 unspecified atom stereocenters. The van der Waals surface area contributed by atoms with Crippen LogP contribution < -0.4 is 0 Å². The number of hydrogen-bond donors (Lipinski definition) is 1. The average molecular weight is 501 g/mol. The molecule has 3 aromatic carbocycles. The summed E-state index contributed by atoms with van der Waals surface area (Å²) in [6.07, 6.45) is 3.91. The summed E-state index contributed by atoms with van der Waals surface area (Å²) in [5.41, 5.74) is 8.79. The number of aryl methyl sites for hydroxylation is 1. The van der Waals surface area contributed by atoms with Crippen molar-refractivity contribution in [3.8, 4) is 22.5 Å². The molecule has 1 aromatic heterocycles. The summed E-state index contributed by atoms with van der Waals surface area (Å²) in [6.45, 7) is 0.609. The highest BCUT2D eigenvalue weighted by Gasteiger charge is 2.21. The zero-order chi connectivity index (χ0) is 25.9. The summed E-state index contributed by atoms with van der Waals surface area (Å²) in [5.74, 6) is 1.04. The van der Waals surface area contributed by atoms with E-state index in [4.69, 9.17) is 9.40 Å². The van der Waals surface area contributed by atoms with Crippen LogP contribution in [0.25, 0.3) is 33.5 Å². The van der Waals surface area contributed by atoms with E-state index in [0.717, 1.165) is 45.7 Å². The third-order valence-corrected chi connectivity index (χ3v) is 7.01. The van der Waals surface area contributed by atoms with Crippen molar-refractivity contribution < 1.29 is 14.3 Å². The van der Waals surface area contributed by atoms with E-state index in [2.05, 4.69) is 71.3 Å². The van der Waals surface area contributed by atoms with Crippen molar-refractivity contribution in [1.82, 2.24) is 9.55 Å². The number of aromatic nitrogens is 2. The summed E-state index contributed by atoms with van der Waals surface area (Å²) >= 11 is 0. The molecule has 0 fully saturated rings. The maximum Gasteiger partial charge on any atom is 0.303 e. The van der Waals surface area contributed by atoms with E-state index in [-0.39, 0.29) is 6.42 Å². The SMILES string of the molecule is O=C(O)CCCn1c(Cc2ccccc2)nc2cc(-c3c(Cc4ccccc4)cc4cccoc3-4)ccc21. The van der Waals surface area contributed by atoms with E-state index in [1.807, 2.05) is 30.3 Å². The second-order valence-electron chi connectivity index (χ2n) is 9.65. The van der Waals surface area contributed by atoms with E-state index in [0.29, 0.717) is 19.4 Å². The van der Waals surface area contributed by atoms with Crippen molar-refractivity contribution >= 4 is 17.0 Å². The maximum absolute atomic E-state index is 11.2. The van der Waals surface area contributed by atoms with Gasteiger partial charge in [-0.1, -0.05) is 66.7 Å². The Bertz CT molecular complexity index is 1670. The fraction of sp³-hybridized carbons (Fsp3) is 0.152. The molecule has 0 atom stereocenters. The zero-order valence-electron chi connectivity index (χ0n) is 21.0. The Balaban J connectivity index is 1.44. The molecule has 0 spiro atoms. The lowest BCUT2D eigenvalue weighted by molar-refractivity contribution is -0.137. The Kier molecular flexibility index (Phi) is 6.49. The minimum absolute atomic E-state index is 0.131. The van der Waals surface area contributed by atoms with Gasteiger partial charge in [0.25, 0.3) is 0 Å². The van der Waals surface area contributed by atoms with E-state index in [9.17, 15) is 9.90 Å². The number of aliphatic carboxylic acids is 1. The van der Waals surface area contributed by atoms with E-state index >= 15 is 0 Å². The Labute approximate surface area is 221 Å². The number of carbonyl (C=O) groups is 1. The van der Waals surface area contributed by atoms with Crippen LogP contribution in [0.1, 0.15) is 35.4 Å². The van der Waals surface area contributed by atoms with Crippen molar-refractivity contribution in [2.45, 2.75) is 32.2 Å². The molecule has 6 rings (SSSR count). The van der Waals surface area contributed by atoms with Crippen molar-refractivity contribution in [3.05, 3.63) is 126 Å². The molecule has 188 valence electrons. The number of carboxylic acid groups (broad SMARTS) is 1. The second-order valence-corrected chi connectivity index (χ2v) is 9.65. The predicted molar refractivity (Wildman–Crippen MR) is 149 cm³/mol. The van der Waals surface area contributed by atoms with Gasteiger partial charge in [0.2, 0.25) is 0 Å². The zero-order valence-corrected chi connectivity index (χ0v) is 21.0. The third kappa shape index (κ3) is 4.83. The largest absolute Gasteiger partial charge is 0.481 e. The highest BCUT2D eigenvalue weighted by atomic mass is 16.4. The number of imidazole rings is 1. The van der Waals surface area contributed by atoms with Crippen molar-refractivity contribution in [1.29, 1.82) is 0 Å². The van der Waals surface area contributed by atoms with Gasteiger partial charge in [-0.2, -0.15) is 0 Å². The molecule has 0 saturated carbocycles. The van der Waals surface area contributed by atoms with Gasteiger partial charge in [-0.3, -0.25) is 4.79 Å². The fourth-order valence-corrected chi connectivity index (χ4v) is 5.27. The molecule has 0 amide bonds. The first-order valence-electron chi connectivity index (χ1n) is 12.9. The fourth-order valence-electron chi connectivity index (χ4n) is 5.27. The van der Waals surface area contributed by atoms with Crippen molar-refractivity contribution in [3.63, 3.8) is 0 Å². The lowest BCUT2D eigenvalue weighted by atomic mass is 9.98. The summed E-state index contributed by atoms with van der Waals surface area (Å²) < 4.78 is 8.20. The molecule has 5 nitrogen and oxygen atoms in total. The maximum atomic E-state index is 11.2. The summed E-state index contributed by atoms with van der Waals surface area (Å²) in [6, 6.07) is 33.4. The Hall–Kier alpha value is -4.64. The number of benzene rings is 3. The van der Waals surface area contributed by atoms with Gasteiger partial charge in [0.15, 0.2) is 0 Å². The van der Waals surface area contributed by atoms with Gasteiger partial charge in [-0.25, -0.2) is 4.98 Å². The molecule has 38 heavy (non-hydrogen) atoms. The molecule has 5 heteroatoms. The third-order valence-electron chi connectivity index (χ3n) is 7.01. The first kappa shape index (κ1) is 23.7. The highest BCUT2D eigenvalue weighted by molar-refractivity contribution is 5.91. The standard InChI is InChI=1S/C33H28N2O3/c36-31(37)14-7-17-35-29-16-15-25(22-28(29)34-30(35)20-24-11-5-2-6-12-24)32-27(19-23-9-3-1-4-10-23)21-26-13-8-18-38-33(26)32/h1-6,8-13,15-16,18,21-22H,7,14,17,19-20H2,(H,36,37). The van der Waals surface area contributed by atoms with Crippen LogP contribution in [0.5, 0.6) is 0 Å². The number of hydrogen-bond acceptors (Lipinski definition) is 3. The quantitative estimate of drug-likeness (QED) is 0.224.